The van der Waals surface area contributed by atoms with Crippen LogP contribution in [-0.2, 0) is 5.41 Å². The average Bonchev–Trinajstić information content (AvgIpc) is 2.72. The van der Waals surface area contributed by atoms with Crippen LogP contribution in [0.4, 0.5) is 0 Å². The van der Waals surface area contributed by atoms with Crippen molar-refractivity contribution < 1.29 is 0 Å². The largest absolute Gasteiger partial charge is 0.255 e. The average molecular weight is 426 g/mol. The molecule has 1 aliphatic heterocycles. The zero-order valence-electron chi connectivity index (χ0n) is 18.3. The summed E-state index contributed by atoms with van der Waals surface area (Å²) in [5, 5.41) is 4.16. The summed E-state index contributed by atoms with van der Waals surface area (Å²) in [5.74, 6) is 0. The maximum absolute atomic E-state index is 4.93. The minimum absolute atomic E-state index is 0.0677. The van der Waals surface area contributed by atoms with E-state index in [0.717, 1.165) is 5.69 Å². The maximum Gasteiger partial charge on any atom is 0.148 e. The van der Waals surface area contributed by atoms with Crippen LogP contribution in [0.25, 0.3) is 33.2 Å². The van der Waals surface area contributed by atoms with Crippen LogP contribution in [0.15, 0.2) is 77.8 Å². The molecular formula is C27H27NSSi. The number of rotatable bonds is 1. The molecule has 0 fully saturated rings. The normalized spacial score (nSPS) is 15.0. The van der Waals surface area contributed by atoms with Gasteiger partial charge in [0.1, 0.15) is 7.22 Å². The van der Waals surface area contributed by atoms with Crippen LogP contribution < -0.4 is 5.19 Å². The molecule has 0 atom stereocenters. The van der Waals surface area contributed by atoms with Crippen LogP contribution in [-0.4, -0.2) is 12.2 Å². The van der Waals surface area contributed by atoms with Gasteiger partial charge in [-0.15, -0.1) is 11.2 Å². The molecule has 30 heavy (non-hydrogen) atoms. The summed E-state index contributed by atoms with van der Waals surface area (Å²) in [6.45, 7) is 11.8. The maximum atomic E-state index is 4.93. The zero-order chi connectivity index (χ0) is 21.1. The van der Waals surface area contributed by atoms with E-state index in [0.29, 0.717) is 0 Å². The molecule has 0 radical (unpaired) electrons. The molecule has 0 bridgehead atoms. The number of hydrogen-bond acceptors (Lipinski definition) is 2. The van der Waals surface area contributed by atoms with Crippen molar-refractivity contribution in [2.24, 2.45) is 0 Å². The summed E-state index contributed by atoms with van der Waals surface area (Å²) in [6.07, 6.45) is 1.98. The summed E-state index contributed by atoms with van der Waals surface area (Å²) in [4.78, 5) is 6.28. The van der Waals surface area contributed by atoms with Crippen LogP contribution in [0.1, 0.15) is 26.3 Å². The SMILES string of the molecule is CC(C)(C)c1cc(-c2nccc3c2S[Si](C)(C)c2ccccc2-3)cc2ccccc12. The van der Waals surface area contributed by atoms with E-state index in [1.165, 1.54) is 43.1 Å². The van der Waals surface area contributed by atoms with Crippen LogP contribution in [0, 0.1) is 0 Å². The van der Waals surface area contributed by atoms with Crippen molar-refractivity contribution in [1.29, 1.82) is 0 Å². The number of pyridine rings is 1. The lowest BCUT2D eigenvalue weighted by Crippen LogP contribution is -2.41. The van der Waals surface area contributed by atoms with Crippen molar-refractivity contribution >= 4 is 34.4 Å². The van der Waals surface area contributed by atoms with Gasteiger partial charge in [-0.2, -0.15) is 0 Å². The Bertz CT molecular complexity index is 1280. The van der Waals surface area contributed by atoms with Crippen LogP contribution >= 0.6 is 11.2 Å². The monoisotopic (exact) mass is 425 g/mol. The standard InChI is InChI=1S/C27H27NSSi/c1-27(2,3)23-17-19(16-18-10-6-7-11-20(18)23)25-26-22(14-15-28-25)21-12-8-9-13-24(21)30(4,5)29-26/h6-17H,1-5H3. The highest BCUT2D eigenvalue weighted by atomic mass is 32.4. The van der Waals surface area contributed by atoms with Crippen molar-refractivity contribution in [2.45, 2.75) is 44.2 Å². The number of nitrogens with zero attached hydrogens (tertiary/aromatic N) is 1. The van der Waals surface area contributed by atoms with Crippen molar-refractivity contribution in [3.8, 4) is 22.4 Å². The van der Waals surface area contributed by atoms with E-state index >= 15 is 0 Å². The molecule has 0 saturated carbocycles. The Morgan fingerprint density at radius 1 is 0.833 bits per heavy atom. The summed E-state index contributed by atoms with van der Waals surface area (Å²) in [7, 11) is -1.65. The Labute approximate surface area is 184 Å². The van der Waals surface area contributed by atoms with Gasteiger partial charge in [0.05, 0.1) is 5.69 Å². The Kier molecular flexibility index (Phi) is 4.46. The molecule has 1 aromatic heterocycles. The third-order valence-electron chi connectivity index (χ3n) is 6.07. The second-order valence-corrected chi connectivity index (χ2v) is 17.5. The predicted octanol–water partition coefficient (Wildman–Crippen LogP) is 7.38. The molecule has 3 aromatic carbocycles. The van der Waals surface area contributed by atoms with Crippen molar-refractivity contribution in [3.63, 3.8) is 0 Å². The van der Waals surface area contributed by atoms with Gasteiger partial charge < -0.3 is 0 Å². The second kappa shape index (κ2) is 6.83. The van der Waals surface area contributed by atoms with E-state index in [-0.39, 0.29) is 5.41 Å². The molecule has 0 amide bonds. The first kappa shape index (κ1) is 19.6. The zero-order valence-corrected chi connectivity index (χ0v) is 20.1. The number of hydrogen-bond donors (Lipinski definition) is 0. The van der Waals surface area contributed by atoms with E-state index < -0.39 is 7.22 Å². The minimum Gasteiger partial charge on any atom is -0.255 e. The van der Waals surface area contributed by atoms with Gasteiger partial charge in [0.25, 0.3) is 0 Å². The first-order valence-corrected chi connectivity index (χ1v) is 15.1. The van der Waals surface area contributed by atoms with Gasteiger partial charge in [0, 0.05) is 16.7 Å². The van der Waals surface area contributed by atoms with E-state index in [1.807, 2.05) is 6.20 Å². The fraction of sp³-hybridized carbons (Fsp3) is 0.222. The molecule has 150 valence electrons. The Morgan fingerprint density at radius 2 is 1.57 bits per heavy atom. The first-order valence-electron chi connectivity index (χ1n) is 10.6. The topological polar surface area (TPSA) is 12.9 Å². The van der Waals surface area contributed by atoms with E-state index in [4.69, 9.17) is 4.98 Å². The molecule has 0 spiro atoms. The number of fused-ring (bicyclic) bond motifs is 4. The lowest BCUT2D eigenvalue weighted by atomic mass is 9.82. The molecule has 3 heteroatoms. The lowest BCUT2D eigenvalue weighted by molar-refractivity contribution is 0.596. The third kappa shape index (κ3) is 3.12. The fourth-order valence-electron chi connectivity index (χ4n) is 4.59. The number of benzene rings is 3. The molecule has 2 heterocycles. The van der Waals surface area contributed by atoms with Crippen molar-refractivity contribution in [1.82, 2.24) is 4.98 Å². The molecule has 1 aliphatic rings. The molecular weight excluding hydrogens is 398 g/mol. The van der Waals surface area contributed by atoms with Gasteiger partial charge >= 0.3 is 0 Å². The van der Waals surface area contributed by atoms with Gasteiger partial charge in [-0.1, -0.05) is 82.4 Å². The van der Waals surface area contributed by atoms with Gasteiger partial charge in [0.15, 0.2) is 0 Å². The number of aromatic nitrogens is 1. The highest BCUT2D eigenvalue weighted by Crippen LogP contribution is 2.47. The smallest absolute Gasteiger partial charge is 0.148 e. The summed E-state index contributed by atoms with van der Waals surface area (Å²) >= 11 is 2.07. The van der Waals surface area contributed by atoms with Gasteiger partial charge in [-0.3, -0.25) is 4.98 Å². The highest BCUT2D eigenvalue weighted by Gasteiger charge is 2.35. The van der Waals surface area contributed by atoms with Crippen LogP contribution in [0.3, 0.4) is 0 Å². The van der Waals surface area contributed by atoms with Gasteiger partial charge in [-0.05, 0) is 56.3 Å². The van der Waals surface area contributed by atoms with Crippen molar-refractivity contribution in [2.75, 3.05) is 0 Å². The molecule has 1 nitrogen and oxygen atoms in total. The predicted molar refractivity (Wildman–Crippen MR) is 134 cm³/mol. The Hall–Kier alpha value is -2.36. The quantitative estimate of drug-likeness (QED) is 0.295. The molecule has 0 unspecified atom stereocenters. The minimum atomic E-state index is -1.65. The summed E-state index contributed by atoms with van der Waals surface area (Å²) in [5.41, 5.74) is 6.53. The summed E-state index contributed by atoms with van der Waals surface area (Å²) < 4.78 is 0. The molecule has 5 rings (SSSR count). The molecule has 0 N–H and O–H groups in total. The Balaban J connectivity index is 1.80. The third-order valence-corrected chi connectivity index (χ3v) is 11.7. The van der Waals surface area contributed by atoms with Crippen LogP contribution in [0.2, 0.25) is 13.1 Å². The van der Waals surface area contributed by atoms with E-state index in [2.05, 4.69) is 112 Å². The Morgan fingerprint density at radius 3 is 2.37 bits per heavy atom. The van der Waals surface area contributed by atoms with Crippen LogP contribution in [0.5, 0.6) is 0 Å². The van der Waals surface area contributed by atoms with Crippen molar-refractivity contribution in [3.05, 3.63) is 78.5 Å². The molecule has 4 aromatic rings. The molecule has 0 aliphatic carbocycles. The summed E-state index contributed by atoms with van der Waals surface area (Å²) in [6, 6.07) is 24.6. The van der Waals surface area contributed by atoms with E-state index in [9.17, 15) is 0 Å². The fourth-order valence-corrected chi connectivity index (χ4v) is 10.1. The van der Waals surface area contributed by atoms with E-state index in [1.54, 1.807) is 0 Å². The second-order valence-electron chi connectivity index (χ2n) is 9.69. The first-order chi connectivity index (χ1) is 14.3. The highest BCUT2D eigenvalue weighted by molar-refractivity contribution is 8.30. The van der Waals surface area contributed by atoms with Gasteiger partial charge in [0.2, 0.25) is 0 Å². The lowest BCUT2D eigenvalue weighted by Gasteiger charge is -2.33. The van der Waals surface area contributed by atoms with Gasteiger partial charge in [-0.25, -0.2) is 0 Å². The molecule has 0 saturated heterocycles.